The molecule has 1 aliphatic carbocycles. The number of nitrogens with zero attached hydrogens (tertiary/aromatic N) is 3. The molecule has 0 bridgehead atoms. The Morgan fingerprint density at radius 2 is 1.07 bits per heavy atom. The van der Waals surface area contributed by atoms with Gasteiger partial charge in [-0.3, -0.25) is 9.59 Å². The van der Waals surface area contributed by atoms with Gasteiger partial charge in [-0.25, -0.2) is 14.0 Å². The highest BCUT2D eigenvalue weighted by Gasteiger charge is 2.36. The lowest BCUT2D eigenvalue weighted by Gasteiger charge is -2.36. The van der Waals surface area contributed by atoms with Crippen LogP contribution in [0.3, 0.4) is 0 Å². The molecule has 0 N–H and O–H groups in total. The number of hydrogen-bond donors (Lipinski definition) is 0. The predicted octanol–water partition coefficient (Wildman–Crippen LogP) is 10.7. The molecule has 2 unspecified atom stereocenters. The molecule has 0 radical (unpaired) electrons. The highest BCUT2D eigenvalue weighted by Crippen LogP contribution is 2.37. The monoisotopic (exact) mass is 803 g/mol. The number of halogens is 3. The van der Waals surface area contributed by atoms with Crippen LogP contribution in [0.15, 0.2) is 36.4 Å². The number of benzene rings is 2. The Balaban J connectivity index is 0.000000205. The maximum absolute atomic E-state index is 12.5. The largest absolute Gasteiger partial charge is 0.444 e. The van der Waals surface area contributed by atoms with Gasteiger partial charge in [0.25, 0.3) is 0 Å². The molecule has 4 aliphatic rings. The second kappa shape index (κ2) is 20.2. The number of ether oxygens (including phenoxy) is 2. The van der Waals surface area contributed by atoms with Gasteiger partial charge in [0, 0.05) is 60.6 Å². The van der Waals surface area contributed by atoms with Gasteiger partial charge in [-0.2, -0.15) is 0 Å². The van der Waals surface area contributed by atoms with Gasteiger partial charge >= 0.3 is 12.2 Å². The Kier molecular flexibility index (Phi) is 16.3. The summed E-state index contributed by atoms with van der Waals surface area (Å²) in [6.07, 6.45) is 12.3. The van der Waals surface area contributed by atoms with Gasteiger partial charge in [0.05, 0.1) is 5.56 Å². The molecular formula is C43H60Cl2FN3O6. The van der Waals surface area contributed by atoms with Crippen molar-refractivity contribution in [3.05, 3.63) is 63.4 Å². The van der Waals surface area contributed by atoms with Crippen LogP contribution in [-0.4, -0.2) is 85.0 Å². The summed E-state index contributed by atoms with van der Waals surface area (Å²) in [5.74, 6) is 2.13. The maximum atomic E-state index is 12.5. The van der Waals surface area contributed by atoms with Gasteiger partial charge < -0.3 is 24.2 Å². The van der Waals surface area contributed by atoms with E-state index in [-0.39, 0.29) is 23.4 Å². The fraction of sp³-hybridized carbons (Fsp3) is 0.628. The zero-order valence-corrected chi connectivity index (χ0v) is 35.0. The first-order valence-electron chi connectivity index (χ1n) is 19.8. The Bertz CT molecular complexity index is 1600. The van der Waals surface area contributed by atoms with Crippen molar-refractivity contribution in [2.24, 2.45) is 23.7 Å². The van der Waals surface area contributed by atoms with Crippen molar-refractivity contribution < 1.29 is 33.0 Å². The van der Waals surface area contributed by atoms with Crippen molar-refractivity contribution in [3.63, 3.8) is 0 Å². The van der Waals surface area contributed by atoms with E-state index in [9.17, 15) is 23.6 Å². The Hall–Kier alpha value is -3.37. The summed E-state index contributed by atoms with van der Waals surface area (Å²) in [5.41, 5.74) is 0.824. The van der Waals surface area contributed by atoms with E-state index in [1.165, 1.54) is 50.7 Å². The molecule has 1 saturated carbocycles. The normalized spacial score (nSPS) is 20.9. The van der Waals surface area contributed by atoms with Crippen LogP contribution in [0.2, 0.25) is 10.0 Å². The van der Waals surface area contributed by atoms with Gasteiger partial charge in [-0.1, -0.05) is 55.3 Å². The molecule has 55 heavy (non-hydrogen) atoms. The Labute approximate surface area is 337 Å². The Morgan fingerprint density at radius 1 is 0.636 bits per heavy atom. The summed E-state index contributed by atoms with van der Waals surface area (Å²) in [6, 6.07) is 9.33. The van der Waals surface area contributed by atoms with E-state index < -0.39 is 11.4 Å². The number of carbonyl (C=O) groups excluding carboxylic acids is 4. The zero-order valence-electron chi connectivity index (χ0n) is 33.5. The molecule has 12 heteroatoms. The Morgan fingerprint density at radius 3 is 1.53 bits per heavy atom. The average molecular weight is 805 g/mol. The number of piperidine rings is 1. The number of carbonyl (C=O) groups is 4. The average Bonchev–Trinajstić information content (AvgIpc) is 3.83. The zero-order chi connectivity index (χ0) is 40.3. The van der Waals surface area contributed by atoms with Gasteiger partial charge in [-0.15, -0.1) is 0 Å². The third-order valence-electron chi connectivity index (χ3n) is 10.8. The SMILES string of the molecule is CC(C)(C)OC(=O)N1CCC(C2CCCCC2)C1.CC(C)(C)OC(=O)N1CCC(C2CCN(c3cc(Cl)ccc3C=O)CC2)C1.O=Cc1ccc(Cl)cc1F. The van der Waals surface area contributed by atoms with Crippen LogP contribution < -0.4 is 4.90 Å². The number of anilines is 1. The number of likely N-dealkylation sites (tertiary alicyclic amines) is 2. The molecule has 6 rings (SSSR count). The molecule has 304 valence electrons. The highest BCUT2D eigenvalue weighted by atomic mass is 35.5. The molecule has 4 fully saturated rings. The third-order valence-corrected chi connectivity index (χ3v) is 11.3. The van der Waals surface area contributed by atoms with Crippen molar-refractivity contribution in [2.45, 2.75) is 111 Å². The fourth-order valence-electron chi connectivity index (χ4n) is 8.03. The molecular weight excluding hydrogens is 744 g/mol. The van der Waals surface area contributed by atoms with Crippen molar-refractivity contribution in [1.82, 2.24) is 9.80 Å². The molecule has 3 aliphatic heterocycles. The first-order valence-corrected chi connectivity index (χ1v) is 20.6. The molecule has 2 amide bonds. The molecule has 2 aromatic rings. The first-order chi connectivity index (χ1) is 26.0. The molecule has 2 atom stereocenters. The van der Waals surface area contributed by atoms with Crippen LogP contribution >= 0.6 is 23.2 Å². The van der Waals surface area contributed by atoms with Crippen LogP contribution in [0.1, 0.15) is 120 Å². The number of rotatable bonds is 5. The number of hydrogen-bond acceptors (Lipinski definition) is 7. The minimum absolute atomic E-state index is 0.0319. The van der Waals surface area contributed by atoms with E-state index in [1.807, 2.05) is 57.4 Å². The molecule has 0 aromatic heterocycles. The van der Waals surface area contributed by atoms with Gasteiger partial charge in [0.1, 0.15) is 17.0 Å². The fourth-order valence-corrected chi connectivity index (χ4v) is 8.36. The van der Waals surface area contributed by atoms with Gasteiger partial charge in [0.15, 0.2) is 12.6 Å². The molecule has 9 nitrogen and oxygen atoms in total. The van der Waals surface area contributed by atoms with E-state index in [0.717, 1.165) is 88.4 Å². The topological polar surface area (TPSA) is 96.5 Å². The quantitative estimate of drug-likeness (QED) is 0.278. The van der Waals surface area contributed by atoms with Crippen LogP contribution in [0, 0.1) is 29.5 Å². The lowest BCUT2D eigenvalue weighted by molar-refractivity contribution is 0.0271. The number of aldehydes is 2. The van der Waals surface area contributed by atoms with E-state index in [2.05, 4.69) is 4.90 Å². The van der Waals surface area contributed by atoms with E-state index >= 15 is 0 Å². The second-order valence-corrected chi connectivity index (χ2v) is 18.2. The molecule has 2 aromatic carbocycles. The van der Waals surface area contributed by atoms with E-state index in [1.54, 1.807) is 12.1 Å². The summed E-state index contributed by atoms with van der Waals surface area (Å²) >= 11 is 11.5. The van der Waals surface area contributed by atoms with Crippen LogP contribution in [-0.2, 0) is 9.47 Å². The minimum atomic E-state index is -0.581. The summed E-state index contributed by atoms with van der Waals surface area (Å²) in [6.45, 7) is 16.7. The maximum Gasteiger partial charge on any atom is 0.410 e. The van der Waals surface area contributed by atoms with Gasteiger partial charge in [0.2, 0.25) is 0 Å². The minimum Gasteiger partial charge on any atom is -0.444 e. The lowest BCUT2D eigenvalue weighted by Crippen LogP contribution is -2.38. The number of amides is 2. The second-order valence-electron chi connectivity index (χ2n) is 17.3. The summed E-state index contributed by atoms with van der Waals surface area (Å²) < 4.78 is 23.5. The van der Waals surface area contributed by atoms with E-state index in [4.69, 9.17) is 32.7 Å². The lowest BCUT2D eigenvalue weighted by atomic mass is 9.80. The summed E-state index contributed by atoms with van der Waals surface area (Å²) in [4.78, 5) is 51.7. The summed E-state index contributed by atoms with van der Waals surface area (Å²) in [7, 11) is 0. The van der Waals surface area contributed by atoms with Crippen molar-refractivity contribution in [2.75, 3.05) is 44.2 Å². The third kappa shape index (κ3) is 14.0. The smallest absolute Gasteiger partial charge is 0.410 e. The van der Waals surface area contributed by atoms with Crippen molar-refractivity contribution in [3.8, 4) is 0 Å². The van der Waals surface area contributed by atoms with Gasteiger partial charge in [-0.05, 0) is 127 Å². The first kappa shape index (κ1) is 44.3. The predicted molar refractivity (Wildman–Crippen MR) is 217 cm³/mol. The van der Waals surface area contributed by atoms with Crippen LogP contribution in [0.5, 0.6) is 0 Å². The summed E-state index contributed by atoms with van der Waals surface area (Å²) in [5, 5.41) is 0.949. The molecule has 0 spiro atoms. The van der Waals surface area contributed by atoms with E-state index in [0.29, 0.717) is 33.7 Å². The van der Waals surface area contributed by atoms with Crippen molar-refractivity contribution in [1.29, 1.82) is 0 Å². The standard InChI is InChI=1S/C21H29ClN2O3.C15H27NO2.C7H4ClFO/c1-21(2,3)27-20(26)24-11-8-16(13-24)15-6-9-23(10-7-15)19-12-18(22)5-4-17(19)14-25;1-15(2,3)18-14(17)16-10-9-13(11-16)12-7-5-4-6-8-12;8-6-2-1-5(4-10)7(9)3-6/h4-5,12,14-16H,6-11,13H2,1-3H3;12-13H,4-11H2,1-3H3;1-4H. The van der Waals surface area contributed by atoms with Crippen LogP contribution in [0.25, 0.3) is 0 Å². The van der Waals surface area contributed by atoms with Crippen LogP contribution in [0.4, 0.5) is 19.7 Å². The van der Waals surface area contributed by atoms with Crippen molar-refractivity contribution >= 4 is 53.6 Å². The molecule has 3 saturated heterocycles. The molecule has 3 heterocycles. The highest BCUT2D eigenvalue weighted by molar-refractivity contribution is 6.31.